The van der Waals surface area contributed by atoms with Crippen molar-refractivity contribution in [2.24, 2.45) is 5.92 Å². The van der Waals surface area contributed by atoms with E-state index in [9.17, 15) is 4.79 Å². The number of carbonyl (C=O) groups is 1. The lowest BCUT2D eigenvalue weighted by Gasteiger charge is -2.35. The summed E-state index contributed by atoms with van der Waals surface area (Å²) < 4.78 is 0. The molecular formula is C16H19ClN4OS. The second-order valence-electron chi connectivity index (χ2n) is 5.85. The highest BCUT2D eigenvalue weighted by Crippen LogP contribution is 2.28. The van der Waals surface area contributed by atoms with Crippen LogP contribution in [0.2, 0.25) is 5.15 Å². The van der Waals surface area contributed by atoms with Gasteiger partial charge in [-0.2, -0.15) is 0 Å². The lowest BCUT2D eigenvalue weighted by atomic mass is 10.1. The molecule has 5 nitrogen and oxygen atoms in total. The normalized spacial score (nSPS) is 15.3. The Morgan fingerprint density at radius 3 is 2.70 bits per heavy atom. The topological polar surface area (TPSA) is 49.3 Å². The van der Waals surface area contributed by atoms with E-state index in [2.05, 4.69) is 9.88 Å². The van der Waals surface area contributed by atoms with Gasteiger partial charge < -0.3 is 9.80 Å². The molecule has 2 aromatic heterocycles. The Bertz CT molecular complexity index is 695. The molecule has 0 spiro atoms. The lowest BCUT2D eigenvalue weighted by Crippen LogP contribution is -2.49. The molecule has 1 amide bonds. The molecule has 2 aromatic rings. The van der Waals surface area contributed by atoms with Gasteiger partial charge in [0, 0.05) is 49.2 Å². The molecule has 0 bridgehead atoms. The fourth-order valence-electron chi connectivity index (χ4n) is 2.59. The number of anilines is 1. The maximum absolute atomic E-state index is 12.0. The first-order valence-corrected chi connectivity index (χ1v) is 8.91. The molecule has 3 rings (SSSR count). The molecule has 1 aliphatic heterocycles. The summed E-state index contributed by atoms with van der Waals surface area (Å²) in [7, 11) is 0. The van der Waals surface area contributed by atoms with E-state index in [0.29, 0.717) is 5.15 Å². The standard InChI is InChI=1S/C16H19ClN4OS/c1-11(2)15(22)20-5-7-21(8-6-20)16-19-13(10-23-16)12-3-4-18-14(17)9-12/h3-4,9-11H,5-8H2,1-2H3. The van der Waals surface area contributed by atoms with Gasteiger partial charge in [-0.25, -0.2) is 9.97 Å². The highest BCUT2D eigenvalue weighted by atomic mass is 35.5. The summed E-state index contributed by atoms with van der Waals surface area (Å²) in [6.07, 6.45) is 1.69. The third-order valence-electron chi connectivity index (χ3n) is 3.87. The van der Waals surface area contributed by atoms with E-state index in [4.69, 9.17) is 16.6 Å². The molecule has 3 heterocycles. The van der Waals surface area contributed by atoms with Gasteiger partial charge in [0.05, 0.1) is 5.69 Å². The molecule has 0 unspecified atom stereocenters. The van der Waals surface area contributed by atoms with Gasteiger partial charge in [-0.05, 0) is 12.1 Å². The van der Waals surface area contributed by atoms with Gasteiger partial charge in [0.2, 0.25) is 5.91 Å². The van der Waals surface area contributed by atoms with E-state index < -0.39 is 0 Å². The predicted molar refractivity (Wildman–Crippen MR) is 94.0 cm³/mol. The van der Waals surface area contributed by atoms with Crippen molar-refractivity contribution >= 4 is 34.0 Å². The fourth-order valence-corrected chi connectivity index (χ4v) is 3.65. The smallest absolute Gasteiger partial charge is 0.225 e. The van der Waals surface area contributed by atoms with E-state index in [1.54, 1.807) is 17.5 Å². The summed E-state index contributed by atoms with van der Waals surface area (Å²) in [5, 5.41) is 3.49. The van der Waals surface area contributed by atoms with Gasteiger partial charge in [-0.15, -0.1) is 11.3 Å². The Balaban J connectivity index is 1.67. The average Bonchev–Trinajstić information content (AvgIpc) is 3.04. The Labute approximate surface area is 144 Å². The Kier molecular flexibility index (Phi) is 4.82. The number of aromatic nitrogens is 2. The van der Waals surface area contributed by atoms with Gasteiger partial charge in [-0.1, -0.05) is 25.4 Å². The summed E-state index contributed by atoms with van der Waals surface area (Å²) in [5.74, 6) is 0.292. The van der Waals surface area contributed by atoms with E-state index in [1.165, 1.54) is 0 Å². The quantitative estimate of drug-likeness (QED) is 0.798. The molecule has 0 aromatic carbocycles. The number of thiazole rings is 1. The number of halogens is 1. The van der Waals surface area contributed by atoms with Crippen molar-refractivity contribution in [2.45, 2.75) is 13.8 Å². The largest absolute Gasteiger partial charge is 0.345 e. The van der Waals surface area contributed by atoms with Crippen LogP contribution < -0.4 is 4.90 Å². The molecule has 122 valence electrons. The second kappa shape index (κ2) is 6.84. The minimum atomic E-state index is 0.0597. The molecule has 0 radical (unpaired) electrons. The summed E-state index contributed by atoms with van der Waals surface area (Å²) in [6.45, 7) is 7.05. The number of hydrogen-bond donors (Lipinski definition) is 0. The predicted octanol–water partition coefficient (Wildman–Crippen LogP) is 3.16. The van der Waals surface area contributed by atoms with E-state index in [0.717, 1.165) is 42.6 Å². The van der Waals surface area contributed by atoms with Crippen LogP contribution >= 0.6 is 22.9 Å². The fraction of sp³-hybridized carbons (Fsp3) is 0.438. The minimum Gasteiger partial charge on any atom is -0.345 e. The van der Waals surface area contributed by atoms with Crippen LogP contribution in [-0.2, 0) is 4.79 Å². The van der Waals surface area contributed by atoms with Crippen LogP contribution in [0.25, 0.3) is 11.3 Å². The zero-order valence-electron chi connectivity index (χ0n) is 13.2. The Morgan fingerprint density at radius 1 is 1.30 bits per heavy atom. The number of carbonyl (C=O) groups excluding carboxylic acids is 1. The summed E-state index contributed by atoms with van der Waals surface area (Å²) in [4.78, 5) is 24.9. The third kappa shape index (κ3) is 3.64. The zero-order valence-corrected chi connectivity index (χ0v) is 14.8. The van der Waals surface area contributed by atoms with Gasteiger partial charge in [-0.3, -0.25) is 4.79 Å². The van der Waals surface area contributed by atoms with Crippen molar-refractivity contribution in [3.05, 3.63) is 28.9 Å². The SMILES string of the molecule is CC(C)C(=O)N1CCN(c2nc(-c3ccnc(Cl)c3)cs2)CC1. The molecule has 0 atom stereocenters. The van der Waals surface area contributed by atoms with Crippen molar-refractivity contribution < 1.29 is 4.79 Å². The molecule has 7 heteroatoms. The van der Waals surface area contributed by atoms with Crippen molar-refractivity contribution in [1.29, 1.82) is 0 Å². The molecule has 23 heavy (non-hydrogen) atoms. The Morgan fingerprint density at radius 2 is 2.04 bits per heavy atom. The zero-order chi connectivity index (χ0) is 16.4. The first-order valence-electron chi connectivity index (χ1n) is 7.66. The monoisotopic (exact) mass is 350 g/mol. The lowest BCUT2D eigenvalue weighted by molar-refractivity contribution is -0.134. The minimum absolute atomic E-state index is 0.0597. The van der Waals surface area contributed by atoms with Gasteiger partial charge in [0.25, 0.3) is 0 Å². The number of nitrogens with zero attached hydrogens (tertiary/aromatic N) is 4. The average molecular weight is 351 g/mol. The molecular weight excluding hydrogens is 332 g/mol. The van der Waals surface area contributed by atoms with Crippen LogP contribution in [-0.4, -0.2) is 47.0 Å². The van der Waals surface area contributed by atoms with E-state index >= 15 is 0 Å². The summed E-state index contributed by atoms with van der Waals surface area (Å²) in [5.41, 5.74) is 1.89. The van der Waals surface area contributed by atoms with E-state index in [-0.39, 0.29) is 11.8 Å². The summed E-state index contributed by atoms with van der Waals surface area (Å²) in [6, 6.07) is 3.73. The first-order chi connectivity index (χ1) is 11.0. The highest BCUT2D eigenvalue weighted by molar-refractivity contribution is 7.14. The van der Waals surface area contributed by atoms with Crippen LogP contribution in [0.3, 0.4) is 0 Å². The van der Waals surface area contributed by atoms with Crippen molar-refractivity contribution in [2.75, 3.05) is 31.1 Å². The first kappa shape index (κ1) is 16.2. The third-order valence-corrected chi connectivity index (χ3v) is 4.98. The molecule has 1 fully saturated rings. The van der Waals surface area contributed by atoms with Crippen molar-refractivity contribution in [3.8, 4) is 11.3 Å². The maximum Gasteiger partial charge on any atom is 0.225 e. The van der Waals surface area contributed by atoms with Gasteiger partial charge >= 0.3 is 0 Å². The maximum atomic E-state index is 12.0. The van der Waals surface area contributed by atoms with Crippen LogP contribution in [0.4, 0.5) is 5.13 Å². The van der Waals surface area contributed by atoms with Crippen LogP contribution in [0.15, 0.2) is 23.7 Å². The molecule has 1 aliphatic rings. The molecule has 1 saturated heterocycles. The second-order valence-corrected chi connectivity index (χ2v) is 7.07. The molecule has 0 saturated carbocycles. The number of amides is 1. The molecule has 0 N–H and O–H groups in total. The molecule has 0 aliphatic carbocycles. The highest BCUT2D eigenvalue weighted by Gasteiger charge is 2.24. The van der Waals surface area contributed by atoms with Crippen molar-refractivity contribution in [1.82, 2.24) is 14.9 Å². The number of piperazine rings is 1. The van der Waals surface area contributed by atoms with Crippen LogP contribution in [0, 0.1) is 5.92 Å². The number of hydrogen-bond acceptors (Lipinski definition) is 5. The van der Waals surface area contributed by atoms with Crippen LogP contribution in [0.1, 0.15) is 13.8 Å². The van der Waals surface area contributed by atoms with Crippen molar-refractivity contribution in [3.63, 3.8) is 0 Å². The van der Waals surface area contributed by atoms with Gasteiger partial charge in [0.1, 0.15) is 5.15 Å². The van der Waals surface area contributed by atoms with Crippen LogP contribution in [0.5, 0.6) is 0 Å². The number of pyridine rings is 1. The Hall–Kier alpha value is -1.66. The van der Waals surface area contributed by atoms with Gasteiger partial charge in [0.15, 0.2) is 5.13 Å². The van der Waals surface area contributed by atoms with E-state index in [1.807, 2.05) is 36.3 Å². The summed E-state index contributed by atoms with van der Waals surface area (Å²) >= 11 is 7.56. The number of rotatable bonds is 3.